The van der Waals surface area contributed by atoms with E-state index in [0.717, 1.165) is 28.9 Å². The number of thiophene rings is 1. The number of nitrogens with zero attached hydrogens (tertiary/aromatic N) is 2. The number of carbonyl (C=O) groups excluding carboxylic acids is 1. The molecule has 0 radical (unpaired) electrons. The molecule has 0 saturated carbocycles. The molecular formula is C14H19N5OS. The van der Waals surface area contributed by atoms with Crippen molar-refractivity contribution in [1.82, 2.24) is 15.3 Å². The van der Waals surface area contributed by atoms with Gasteiger partial charge in [-0.1, -0.05) is 6.92 Å². The van der Waals surface area contributed by atoms with Crippen LogP contribution in [0.1, 0.15) is 24.6 Å². The highest BCUT2D eigenvalue weighted by Gasteiger charge is 2.20. The summed E-state index contributed by atoms with van der Waals surface area (Å²) < 4.78 is 0. The molecular weight excluding hydrogens is 286 g/mol. The van der Waals surface area contributed by atoms with E-state index in [4.69, 9.17) is 0 Å². The van der Waals surface area contributed by atoms with Crippen molar-refractivity contribution in [3.05, 3.63) is 10.9 Å². The lowest BCUT2D eigenvalue weighted by Crippen LogP contribution is -2.42. The van der Waals surface area contributed by atoms with Gasteiger partial charge in [-0.15, -0.1) is 11.3 Å². The Balaban J connectivity index is 1.92. The maximum Gasteiger partial charge on any atom is 0.225 e. The lowest BCUT2D eigenvalue weighted by molar-refractivity contribution is -0.122. The lowest BCUT2D eigenvalue weighted by atomic mass is 10.1. The standard InChI is InChI=1S/C14H19N5OS/c1-3-9-6-10-12(17-8-4-5-11(20)16-7-8)18-14(15-2)19-13(10)21-9/h6,8H,3-5,7H2,1-2H3,(H,16,20)(H2,15,17,18,19). The molecule has 1 unspecified atom stereocenters. The summed E-state index contributed by atoms with van der Waals surface area (Å²) in [7, 11) is 1.82. The SMILES string of the molecule is CCc1cc2c(NC3CCC(=O)NC3)nc(NC)nc2s1. The summed E-state index contributed by atoms with van der Waals surface area (Å²) in [5.41, 5.74) is 0. The van der Waals surface area contributed by atoms with Gasteiger partial charge in [0.2, 0.25) is 11.9 Å². The van der Waals surface area contributed by atoms with Crippen molar-refractivity contribution in [1.29, 1.82) is 0 Å². The first-order chi connectivity index (χ1) is 10.2. The van der Waals surface area contributed by atoms with Crippen molar-refractivity contribution in [2.75, 3.05) is 24.2 Å². The number of carbonyl (C=O) groups is 1. The first kappa shape index (κ1) is 14.1. The number of hydrogen-bond donors (Lipinski definition) is 3. The predicted molar refractivity (Wildman–Crippen MR) is 86.0 cm³/mol. The summed E-state index contributed by atoms with van der Waals surface area (Å²) >= 11 is 1.70. The van der Waals surface area contributed by atoms with Crippen LogP contribution in [0.4, 0.5) is 11.8 Å². The van der Waals surface area contributed by atoms with E-state index in [1.807, 2.05) is 7.05 Å². The Morgan fingerprint density at radius 2 is 2.33 bits per heavy atom. The van der Waals surface area contributed by atoms with E-state index in [2.05, 4.69) is 38.9 Å². The van der Waals surface area contributed by atoms with Crippen molar-refractivity contribution < 1.29 is 4.79 Å². The fraction of sp³-hybridized carbons (Fsp3) is 0.500. The van der Waals surface area contributed by atoms with E-state index < -0.39 is 0 Å². The topological polar surface area (TPSA) is 78.9 Å². The van der Waals surface area contributed by atoms with Gasteiger partial charge in [0, 0.05) is 30.9 Å². The molecule has 0 bridgehead atoms. The van der Waals surface area contributed by atoms with Gasteiger partial charge < -0.3 is 16.0 Å². The zero-order valence-corrected chi connectivity index (χ0v) is 13.0. The molecule has 0 aromatic carbocycles. The van der Waals surface area contributed by atoms with Gasteiger partial charge in [0.05, 0.1) is 5.39 Å². The molecule has 1 atom stereocenters. The fourth-order valence-electron chi connectivity index (χ4n) is 2.42. The van der Waals surface area contributed by atoms with E-state index in [-0.39, 0.29) is 11.9 Å². The Hall–Kier alpha value is -1.89. The van der Waals surface area contributed by atoms with Crippen molar-refractivity contribution >= 4 is 39.2 Å². The van der Waals surface area contributed by atoms with Crippen molar-refractivity contribution in [2.45, 2.75) is 32.2 Å². The van der Waals surface area contributed by atoms with E-state index in [1.54, 1.807) is 11.3 Å². The highest BCUT2D eigenvalue weighted by Crippen LogP contribution is 2.31. The van der Waals surface area contributed by atoms with Crippen molar-refractivity contribution in [2.24, 2.45) is 0 Å². The molecule has 112 valence electrons. The van der Waals surface area contributed by atoms with Crippen LogP contribution in [0.2, 0.25) is 0 Å². The molecule has 3 N–H and O–H groups in total. The van der Waals surface area contributed by atoms with Crippen LogP contribution in [0.25, 0.3) is 10.2 Å². The predicted octanol–water partition coefficient (Wildman–Crippen LogP) is 1.99. The molecule has 0 spiro atoms. The van der Waals surface area contributed by atoms with Crippen molar-refractivity contribution in [3.8, 4) is 0 Å². The minimum atomic E-state index is 0.126. The third-order valence-corrected chi connectivity index (χ3v) is 4.80. The van der Waals surface area contributed by atoms with Crippen LogP contribution in [-0.2, 0) is 11.2 Å². The second-order valence-electron chi connectivity index (χ2n) is 5.11. The number of piperidine rings is 1. The molecule has 3 rings (SSSR count). The van der Waals surface area contributed by atoms with Gasteiger partial charge in [0.1, 0.15) is 10.6 Å². The molecule has 1 fully saturated rings. The van der Waals surface area contributed by atoms with Gasteiger partial charge in [-0.05, 0) is 18.9 Å². The quantitative estimate of drug-likeness (QED) is 0.805. The minimum absolute atomic E-state index is 0.126. The van der Waals surface area contributed by atoms with Gasteiger partial charge >= 0.3 is 0 Å². The first-order valence-electron chi connectivity index (χ1n) is 7.21. The van der Waals surface area contributed by atoms with E-state index >= 15 is 0 Å². The summed E-state index contributed by atoms with van der Waals surface area (Å²) in [6.07, 6.45) is 2.39. The highest BCUT2D eigenvalue weighted by molar-refractivity contribution is 7.18. The molecule has 2 aromatic rings. The van der Waals surface area contributed by atoms with Gasteiger partial charge in [-0.2, -0.15) is 4.98 Å². The minimum Gasteiger partial charge on any atom is -0.365 e. The average Bonchev–Trinajstić information content (AvgIpc) is 2.92. The zero-order valence-electron chi connectivity index (χ0n) is 12.2. The van der Waals surface area contributed by atoms with Gasteiger partial charge in [0.15, 0.2) is 0 Å². The van der Waals surface area contributed by atoms with E-state index in [0.29, 0.717) is 18.9 Å². The molecule has 0 aliphatic carbocycles. The summed E-state index contributed by atoms with van der Waals surface area (Å²) in [6, 6.07) is 2.37. The van der Waals surface area contributed by atoms with Crippen LogP contribution in [0.15, 0.2) is 6.07 Å². The summed E-state index contributed by atoms with van der Waals surface area (Å²) in [5, 5.41) is 10.4. The smallest absolute Gasteiger partial charge is 0.225 e. The molecule has 21 heavy (non-hydrogen) atoms. The molecule has 1 aliphatic rings. The monoisotopic (exact) mass is 305 g/mol. The first-order valence-corrected chi connectivity index (χ1v) is 8.02. The largest absolute Gasteiger partial charge is 0.365 e. The Kier molecular flexibility index (Phi) is 3.92. The van der Waals surface area contributed by atoms with Crippen LogP contribution < -0.4 is 16.0 Å². The maximum atomic E-state index is 11.2. The molecule has 1 saturated heterocycles. The highest BCUT2D eigenvalue weighted by atomic mass is 32.1. The number of aryl methyl sites for hydroxylation is 1. The summed E-state index contributed by atoms with van der Waals surface area (Å²) in [5.74, 6) is 1.59. The number of nitrogens with one attached hydrogen (secondary N) is 3. The molecule has 1 amide bonds. The number of rotatable bonds is 4. The Bertz CT molecular complexity index is 659. The molecule has 6 nitrogen and oxygen atoms in total. The van der Waals surface area contributed by atoms with Gasteiger partial charge in [0.25, 0.3) is 0 Å². The normalized spacial score (nSPS) is 18.6. The molecule has 2 aromatic heterocycles. The third kappa shape index (κ3) is 2.92. The van der Waals surface area contributed by atoms with Gasteiger partial charge in [-0.3, -0.25) is 4.79 Å². The summed E-state index contributed by atoms with van der Waals surface area (Å²) in [6.45, 7) is 2.78. The zero-order chi connectivity index (χ0) is 14.8. The van der Waals surface area contributed by atoms with Crippen LogP contribution in [-0.4, -0.2) is 35.5 Å². The number of hydrogen-bond acceptors (Lipinski definition) is 6. The van der Waals surface area contributed by atoms with Crippen molar-refractivity contribution in [3.63, 3.8) is 0 Å². The summed E-state index contributed by atoms with van der Waals surface area (Å²) in [4.78, 5) is 22.6. The third-order valence-electron chi connectivity index (χ3n) is 3.62. The number of fused-ring (bicyclic) bond motifs is 1. The Labute approximate surface area is 127 Å². The maximum absolute atomic E-state index is 11.2. The second kappa shape index (κ2) is 5.85. The fourth-order valence-corrected chi connectivity index (χ4v) is 3.38. The lowest BCUT2D eigenvalue weighted by Gasteiger charge is -2.24. The number of anilines is 2. The van der Waals surface area contributed by atoms with E-state index in [9.17, 15) is 4.79 Å². The van der Waals surface area contributed by atoms with E-state index in [1.165, 1.54) is 4.88 Å². The van der Waals surface area contributed by atoms with Crippen LogP contribution in [0.5, 0.6) is 0 Å². The van der Waals surface area contributed by atoms with Gasteiger partial charge in [-0.25, -0.2) is 4.98 Å². The number of aromatic nitrogens is 2. The Morgan fingerprint density at radius 3 is 3.00 bits per heavy atom. The Morgan fingerprint density at radius 1 is 1.48 bits per heavy atom. The average molecular weight is 305 g/mol. The van der Waals surface area contributed by atoms with Crippen LogP contribution >= 0.6 is 11.3 Å². The molecule has 3 heterocycles. The van der Waals surface area contributed by atoms with Crippen LogP contribution in [0.3, 0.4) is 0 Å². The number of amides is 1. The molecule has 7 heteroatoms. The second-order valence-corrected chi connectivity index (χ2v) is 6.23. The molecule has 1 aliphatic heterocycles. The van der Waals surface area contributed by atoms with Crippen LogP contribution in [0, 0.1) is 0 Å².